The molecule has 2 rings (SSSR count). The van der Waals surface area contributed by atoms with E-state index in [1.54, 1.807) is 0 Å². The predicted molar refractivity (Wildman–Crippen MR) is 81.0 cm³/mol. The molecule has 1 aromatic carbocycles. The summed E-state index contributed by atoms with van der Waals surface area (Å²) in [5, 5.41) is 0.737. The zero-order valence-electron chi connectivity index (χ0n) is 11.4. The van der Waals surface area contributed by atoms with E-state index < -0.39 is 0 Å². The van der Waals surface area contributed by atoms with E-state index in [1.807, 2.05) is 0 Å². The molecule has 18 heavy (non-hydrogen) atoms. The number of rotatable bonds is 4. The summed E-state index contributed by atoms with van der Waals surface area (Å²) in [6.45, 7) is 7.70. The summed E-state index contributed by atoms with van der Waals surface area (Å²) in [5.41, 5.74) is 8.56. The molecule has 100 valence electrons. The summed E-state index contributed by atoms with van der Waals surface area (Å²) >= 11 is 2.09. The van der Waals surface area contributed by atoms with Crippen LogP contribution in [0.25, 0.3) is 0 Å². The third kappa shape index (κ3) is 3.28. The van der Waals surface area contributed by atoms with Crippen LogP contribution in [0.15, 0.2) is 24.3 Å². The monoisotopic (exact) mass is 264 g/mol. The van der Waals surface area contributed by atoms with Crippen molar-refractivity contribution in [3.8, 4) is 0 Å². The van der Waals surface area contributed by atoms with E-state index in [0.717, 1.165) is 24.8 Å². The van der Waals surface area contributed by atoms with E-state index in [1.165, 1.54) is 23.4 Å². The molecular weight excluding hydrogens is 240 g/mol. The fraction of sp³-hybridized carbons (Fsp3) is 0.600. The lowest BCUT2D eigenvalue weighted by molar-refractivity contribution is 0.204. The lowest BCUT2D eigenvalue weighted by Crippen LogP contribution is -2.44. The molecule has 2 atom stereocenters. The molecule has 1 aromatic rings. The first-order valence-electron chi connectivity index (χ1n) is 6.85. The first-order valence-corrected chi connectivity index (χ1v) is 7.89. The average Bonchev–Trinajstić information content (AvgIpc) is 2.37. The number of nitrogens with two attached hydrogens (primary N) is 1. The van der Waals surface area contributed by atoms with Gasteiger partial charge in [0.25, 0.3) is 0 Å². The van der Waals surface area contributed by atoms with Gasteiger partial charge >= 0.3 is 0 Å². The number of hydrogen-bond donors (Lipinski definition) is 1. The summed E-state index contributed by atoms with van der Waals surface area (Å²) < 4.78 is 0. The SMILES string of the molecule is CC1SCCN(Cc2ccccc2CCN)C1C. The molecule has 1 aliphatic rings. The molecular formula is C15H24N2S. The van der Waals surface area contributed by atoms with E-state index in [4.69, 9.17) is 5.73 Å². The number of thioether (sulfide) groups is 1. The van der Waals surface area contributed by atoms with Gasteiger partial charge in [-0.05, 0) is 31.0 Å². The first kappa shape index (κ1) is 13.9. The van der Waals surface area contributed by atoms with Gasteiger partial charge in [0, 0.05) is 30.1 Å². The maximum atomic E-state index is 5.70. The fourth-order valence-electron chi connectivity index (χ4n) is 2.55. The highest BCUT2D eigenvalue weighted by atomic mass is 32.2. The second kappa shape index (κ2) is 6.60. The van der Waals surface area contributed by atoms with Crippen LogP contribution in [0.4, 0.5) is 0 Å². The molecule has 0 aromatic heterocycles. The van der Waals surface area contributed by atoms with Gasteiger partial charge in [-0.3, -0.25) is 4.90 Å². The van der Waals surface area contributed by atoms with Crippen LogP contribution in [-0.4, -0.2) is 35.0 Å². The zero-order valence-corrected chi connectivity index (χ0v) is 12.2. The van der Waals surface area contributed by atoms with Crippen LogP contribution >= 0.6 is 11.8 Å². The molecule has 0 amide bonds. The molecule has 0 aliphatic carbocycles. The minimum Gasteiger partial charge on any atom is -0.330 e. The molecule has 1 saturated heterocycles. The molecule has 1 heterocycles. The molecule has 0 radical (unpaired) electrons. The van der Waals surface area contributed by atoms with Gasteiger partial charge in [0.15, 0.2) is 0 Å². The Morgan fingerprint density at radius 1 is 1.28 bits per heavy atom. The molecule has 1 aliphatic heterocycles. The van der Waals surface area contributed by atoms with Gasteiger partial charge in [-0.2, -0.15) is 11.8 Å². The summed E-state index contributed by atoms with van der Waals surface area (Å²) in [7, 11) is 0. The zero-order chi connectivity index (χ0) is 13.0. The highest BCUT2D eigenvalue weighted by Crippen LogP contribution is 2.26. The Bertz CT molecular complexity index is 381. The van der Waals surface area contributed by atoms with Gasteiger partial charge in [-0.15, -0.1) is 0 Å². The van der Waals surface area contributed by atoms with Crippen molar-refractivity contribution in [3.05, 3.63) is 35.4 Å². The van der Waals surface area contributed by atoms with Crippen molar-refractivity contribution in [2.75, 3.05) is 18.8 Å². The second-order valence-corrected chi connectivity index (χ2v) is 6.58. The maximum absolute atomic E-state index is 5.70. The second-order valence-electron chi connectivity index (χ2n) is 5.09. The van der Waals surface area contributed by atoms with Crippen molar-refractivity contribution in [2.45, 2.75) is 38.1 Å². The normalized spacial score (nSPS) is 25.3. The van der Waals surface area contributed by atoms with Gasteiger partial charge in [0.2, 0.25) is 0 Å². The Morgan fingerprint density at radius 3 is 2.72 bits per heavy atom. The van der Waals surface area contributed by atoms with Crippen LogP contribution < -0.4 is 5.73 Å². The van der Waals surface area contributed by atoms with Gasteiger partial charge < -0.3 is 5.73 Å². The molecule has 0 saturated carbocycles. The Morgan fingerprint density at radius 2 is 2.00 bits per heavy atom. The summed E-state index contributed by atoms with van der Waals surface area (Å²) in [4.78, 5) is 2.61. The fourth-order valence-corrected chi connectivity index (χ4v) is 3.71. The van der Waals surface area contributed by atoms with Crippen molar-refractivity contribution in [3.63, 3.8) is 0 Å². The lowest BCUT2D eigenvalue weighted by Gasteiger charge is -2.37. The molecule has 0 bridgehead atoms. The van der Waals surface area contributed by atoms with Crippen molar-refractivity contribution < 1.29 is 0 Å². The molecule has 0 spiro atoms. The van der Waals surface area contributed by atoms with Crippen LogP contribution in [0.5, 0.6) is 0 Å². The van der Waals surface area contributed by atoms with E-state index in [-0.39, 0.29) is 0 Å². The molecule has 2 unspecified atom stereocenters. The van der Waals surface area contributed by atoms with Crippen molar-refractivity contribution in [1.82, 2.24) is 4.90 Å². The van der Waals surface area contributed by atoms with Crippen LogP contribution in [0.2, 0.25) is 0 Å². The first-order chi connectivity index (χ1) is 8.72. The largest absolute Gasteiger partial charge is 0.330 e. The number of nitrogens with zero attached hydrogens (tertiary/aromatic N) is 1. The minimum atomic E-state index is 0.662. The lowest BCUT2D eigenvalue weighted by atomic mass is 10.0. The standard InChI is InChI=1S/C15H24N2S/c1-12-13(2)18-10-9-17(12)11-15-6-4-3-5-14(15)7-8-16/h3-6,12-13H,7-11,16H2,1-2H3. The highest BCUT2D eigenvalue weighted by Gasteiger charge is 2.25. The Labute approximate surface area is 115 Å². The van der Waals surface area contributed by atoms with Crippen LogP contribution in [-0.2, 0) is 13.0 Å². The summed E-state index contributed by atoms with van der Waals surface area (Å²) in [6, 6.07) is 9.39. The summed E-state index contributed by atoms with van der Waals surface area (Å²) in [5.74, 6) is 1.25. The smallest absolute Gasteiger partial charge is 0.0240 e. The topological polar surface area (TPSA) is 29.3 Å². The van der Waals surface area contributed by atoms with E-state index in [9.17, 15) is 0 Å². The van der Waals surface area contributed by atoms with Gasteiger partial charge in [-0.1, -0.05) is 31.2 Å². The number of hydrogen-bond acceptors (Lipinski definition) is 3. The molecule has 1 fully saturated rings. The minimum absolute atomic E-state index is 0.662. The third-order valence-corrected chi connectivity index (χ3v) is 5.26. The van der Waals surface area contributed by atoms with Crippen LogP contribution in [0, 0.1) is 0 Å². The predicted octanol–water partition coefficient (Wildman–Crippen LogP) is 2.51. The van der Waals surface area contributed by atoms with E-state index in [2.05, 4.69) is 54.8 Å². The highest BCUT2D eigenvalue weighted by molar-refractivity contribution is 8.00. The molecule has 2 N–H and O–H groups in total. The van der Waals surface area contributed by atoms with Crippen LogP contribution in [0.1, 0.15) is 25.0 Å². The van der Waals surface area contributed by atoms with E-state index >= 15 is 0 Å². The Balaban J connectivity index is 2.08. The Kier molecular flexibility index (Phi) is 5.10. The van der Waals surface area contributed by atoms with Gasteiger partial charge in [0.1, 0.15) is 0 Å². The van der Waals surface area contributed by atoms with Crippen molar-refractivity contribution in [2.24, 2.45) is 5.73 Å². The number of benzene rings is 1. The van der Waals surface area contributed by atoms with Gasteiger partial charge in [0.05, 0.1) is 0 Å². The van der Waals surface area contributed by atoms with Gasteiger partial charge in [-0.25, -0.2) is 0 Å². The molecule has 3 heteroatoms. The molecule has 2 nitrogen and oxygen atoms in total. The Hall–Kier alpha value is -0.510. The quantitative estimate of drug-likeness (QED) is 0.906. The average molecular weight is 264 g/mol. The maximum Gasteiger partial charge on any atom is 0.0240 e. The van der Waals surface area contributed by atoms with E-state index in [0.29, 0.717) is 6.04 Å². The van der Waals surface area contributed by atoms with Crippen LogP contribution in [0.3, 0.4) is 0 Å². The summed E-state index contributed by atoms with van der Waals surface area (Å²) in [6.07, 6.45) is 0.989. The third-order valence-electron chi connectivity index (χ3n) is 3.92. The van der Waals surface area contributed by atoms with Crippen molar-refractivity contribution >= 4 is 11.8 Å². The van der Waals surface area contributed by atoms with Crippen molar-refractivity contribution in [1.29, 1.82) is 0 Å².